The van der Waals surface area contributed by atoms with Gasteiger partial charge in [0.05, 0.1) is 17.6 Å². The molecule has 9 heteroatoms. The molecule has 1 saturated heterocycles. The molecule has 0 unspecified atom stereocenters. The lowest BCUT2D eigenvalue weighted by molar-refractivity contribution is 0.0257. The van der Waals surface area contributed by atoms with Gasteiger partial charge in [0, 0.05) is 13.0 Å². The summed E-state index contributed by atoms with van der Waals surface area (Å²) in [5.74, 6) is -3.49. The first-order chi connectivity index (χ1) is 9.78. The topological polar surface area (TPSA) is 41.9 Å². The van der Waals surface area contributed by atoms with E-state index < -0.39 is 18.3 Å². The summed E-state index contributed by atoms with van der Waals surface area (Å²) in [6, 6.07) is 0. The standard InChI is InChI=1S/C12H9Cl2F3N4/c1-5-6-8(7(15)9(13)18-5)19-11(14)20-10(6)21-3-2-12(16,17)4-21/h2-4H2,1H3. The molecule has 21 heavy (non-hydrogen) atoms. The Morgan fingerprint density at radius 3 is 2.52 bits per heavy atom. The van der Waals surface area contributed by atoms with Gasteiger partial charge >= 0.3 is 0 Å². The minimum Gasteiger partial charge on any atom is -0.350 e. The zero-order chi connectivity index (χ0) is 15.4. The van der Waals surface area contributed by atoms with Crippen LogP contribution in [-0.2, 0) is 0 Å². The van der Waals surface area contributed by atoms with Gasteiger partial charge in [-0.1, -0.05) is 11.6 Å². The van der Waals surface area contributed by atoms with Crippen molar-refractivity contribution in [2.75, 3.05) is 18.0 Å². The molecule has 0 aliphatic carbocycles. The third-order valence-corrected chi connectivity index (χ3v) is 3.77. The van der Waals surface area contributed by atoms with Crippen LogP contribution in [0, 0.1) is 12.7 Å². The fourth-order valence-electron chi connectivity index (χ4n) is 2.41. The van der Waals surface area contributed by atoms with E-state index in [-0.39, 0.29) is 40.1 Å². The van der Waals surface area contributed by atoms with Gasteiger partial charge in [-0.3, -0.25) is 0 Å². The fraction of sp³-hybridized carbons (Fsp3) is 0.417. The molecule has 0 saturated carbocycles. The van der Waals surface area contributed by atoms with Crippen molar-refractivity contribution in [1.82, 2.24) is 15.0 Å². The van der Waals surface area contributed by atoms with Gasteiger partial charge in [0.2, 0.25) is 5.28 Å². The zero-order valence-corrected chi connectivity index (χ0v) is 12.3. The first-order valence-electron chi connectivity index (χ1n) is 6.10. The van der Waals surface area contributed by atoms with Gasteiger partial charge in [0.1, 0.15) is 11.3 Å². The van der Waals surface area contributed by atoms with Crippen LogP contribution >= 0.6 is 23.2 Å². The number of fused-ring (bicyclic) bond motifs is 1. The third-order valence-electron chi connectivity index (χ3n) is 3.35. The average molecular weight is 337 g/mol. The van der Waals surface area contributed by atoms with E-state index in [1.807, 2.05) is 0 Å². The molecule has 0 aromatic carbocycles. The summed E-state index contributed by atoms with van der Waals surface area (Å²) in [6.45, 7) is 1.18. The molecule has 112 valence electrons. The quantitative estimate of drug-likeness (QED) is 0.589. The molecular weight excluding hydrogens is 328 g/mol. The van der Waals surface area contributed by atoms with E-state index in [1.165, 1.54) is 4.90 Å². The van der Waals surface area contributed by atoms with E-state index in [1.54, 1.807) is 6.92 Å². The number of aromatic nitrogens is 3. The van der Waals surface area contributed by atoms with Crippen molar-refractivity contribution in [2.24, 2.45) is 0 Å². The Morgan fingerprint density at radius 2 is 1.90 bits per heavy atom. The summed E-state index contributed by atoms with van der Waals surface area (Å²) in [5.41, 5.74) is 0.246. The highest BCUT2D eigenvalue weighted by molar-refractivity contribution is 6.31. The SMILES string of the molecule is Cc1nc(Cl)c(F)c2nc(Cl)nc(N3CCC(F)(F)C3)c12. The van der Waals surface area contributed by atoms with Crippen molar-refractivity contribution < 1.29 is 13.2 Å². The van der Waals surface area contributed by atoms with E-state index in [9.17, 15) is 13.2 Å². The number of aryl methyl sites for hydroxylation is 1. The molecule has 3 heterocycles. The summed E-state index contributed by atoms with van der Waals surface area (Å²) in [5, 5.41) is -0.320. The Balaban J connectivity index is 2.26. The molecule has 4 nitrogen and oxygen atoms in total. The Bertz CT molecular complexity index is 738. The second kappa shape index (κ2) is 4.84. The lowest BCUT2D eigenvalue weighted by Crippen LogP contribution is -2.26. The molecule has 3 rings (SSSR count). The number of hydrogen-bond acceptors (Lipinski definition) is 4. The molecule has 1 fully saturated rings. The van der Waals surface area contributed by atoms with Crippen molar-refractivity contribution in [3.63, 3.8) is 0 Å². The Hall–Kier alpha value is -1.34. The maximum atomic E-state index is 14.1. The number of halogens is 5. The molecule has 0 radical (unpaired) electrons. The molecule has 1 aliphatic heterocycles. The molecule has 0 atom stereocenters. The Morgan fingerprint density at radius 1 is 1.19 bits per heavy atom. The number of rotatable bonds is 1. The summed E-state index contributed by atoms with van der Waals surface area (Å²) >= 11 is 11.5. The average Bonchev–Trinajstić information content (AvgIpc) is 2.75. The number of hydrogen-bond donors (Lipinski definition) is 0. The third kappa shape index (κ3) is 2.48. The van der Waals surface area contributed by atoms with Gasteiger partial charge in [-0.15, -0.1) is 0 Å². The normalized spacial score (nSPS) is 17.7. The Kier molecular flexibility index (Phi) is 3.37. The predicted octanol–water partition coefficient (Wildman–Crippen LogP) is 3.62. The fourth-order valence-corrected chi connectivity index (χ4v) is 2.79. The monoisotopic (exact) mass is 336 g/mol. The molecule has 1 aliphatic rings. The molecule has 0 N–H and O–H groups in total. The van der Waals surface area contributed by atoms with Gasteiger partial charge in [-0.05, 0) is 18.5 Å². The highest BCUT2D eigenvalue weighted by Gasteiger charge is 2.39. The smallest absolute Gasteiger partial charge is 0.266 e. The van der Waals surface area contributed by atoms with Gasteiger partial charge in [0.15, 0.2) is 11.0 Å². The molecule has 0 amide bonds. The Labute approximate surface area is 127 Å². The van der Waals surface area contributed by atoms with E-state index in [0.717, 1.165) is 0 Å². The lowest BCUT2D eigenvalue weighted by Gasteiger charge is -2.20. The van der Waals surface area contributed by atoms with Gasteiger partial charge in [0.25, 0.3) is 5.92 Å². The van der Waals surface area contributed by atoms with Crippen LogP contribution in [0.15, 0.2) is 0 Å². The van der Waals surface area contributed by atoms with E-state index in [4.69, 9.17) is 23.2 Å². The van der Waals surface area contributed by atoms with E-state index in [2.05, 4.69) is 15.0 Å². The van der Waals surface area contributed by atoms with Crippen molar-refractivity contribution in [3.8, 4) is 0 Å². The van der Waals surface area contributed by atoms with Gasteiger partial charge in [-0.2, -0.15) is 4.98 Å². The van der Waals surface area contributed by atoms with E-state index in [0.29, 0.717) is 5.69 Å². The van der Waals surface area contributed by atoms with Crippen LogP contribution in [0.1, 0.15) is 12.1 Å². The minimum absolute atomic E-state index is 0.0964. The van der Waals surface area contributed by atoms with Crippen LogP contribution < -0.4 is 4.90 Å². The molecule has 0 bridgehead atoms. The van der Waals surface area contributed by atoms with Gasteiger partial charge < -0.3 is 4.90 Å². The summed E-state index contributed by atoms with van der Waals surface area (Å²) in [4.78, 5) is 13.0. The van der Waals surface area contributed by atoms with Crippen molar-refractivity contribution >= 4 is 39.9 Å². The molecule has 2 aromatic rings. The number of nitrogens with zero attached hydrogens (tertiary/aromatic N) is 4. The maximum absolute atomic E-state index is 14.1. The van der Waals surface area contributed by atoms with Crippen molar-refractivity contribution in [3.05, 3.63) is 21.9 Å². The molecular formula is C12H9Cl2F3N4. The minimum atomic E-state index is -2.81. The highest BCUT2D eigenvalue weighted by atomic mass is 35.5. The number of alkyl halides is 2. The molecule has 0 spiro atoms. The second-order valence-electron chi connectivity index (χ2n) is 4.87. The largest absolute Gasteiger partial charge is 0.350 e. The summed E-state index contributed by atoms with van der Waals surface area (Å²) in [7, 11) is 0. The lowest BCUT2D eigenvalue weighted by atomic mass is 10.2. The van der Waals surface area contributed by atoms with Crippen LogP contribution in [0.25, 0.3) is 10.9 Å². The highest BCUT2D eigenvalue weighted by Crippen LogP contribution is 2.36. The second-order valence-corrected chi connectivity index (χ2v) is 5.57. The van der Waals surface area contributed by atoms with Crippen LogP contribution in [-0.4, -0.2) is 34.0 Å². The molecule has 2 aromatic heterocycles. The number of pyridine rings is 1. The van der Waals surface area contributed by atoms with Crippen LogP contribution in [0.4, 0.5) is 19.0 Å². The van der Waals surface area contributed by atoms with Crippen LogP contribution in [0.2, 0.25) is 10.4 Å². The van der Waals surface area contributed by atoms with Crippen molar-refractivity contribution in [1.29, 1.82) is 0 Å². The van der Waals surface area contributed by atoms with Crippen LogP contribution in [0.3, 0.4) is 0 Å². The van der Waals surface area contributed by atoms with Gasteiger partial charge in [-0.25, -0.2) is 23.1 Å². The predicted molar refractivity (Wildman–Crippen MR) is 73.8 cm³/mol. The van der Waals surface area contributed by atoms with E-state index >= 15 is 0 Å². The summed E-state index contributed by atoms with van der Waals surface area (Å²) < 4.78 is 40.9. The van der Waals surface area contributed by atoms with Crippen LogP contribution in [0.5, 0.6) is 0 Å². The summed E-state index contributed by atoms with van der Waals surface area (Å²) in [6.07, 6.45) is -0.293. The zero-order valence-electron chi connectivity index (χ0n) is 10.8. The first kappa shape index (κ1) is 14.6. The number of anilines is 1. The first-order valence-corrected chi connectivity index (χ1v) is 6.86. The van der Waals surface area contributed by atoms with Crippen molar-refractivity contribution in [2.45, 2.75) is 19.3 Å². The maximum Gasteiger partial charge on any atom is 0.266 e.